The van der Waals surface area contributed by atoms with Crippen molar-refractivity contribution in [1.82, 2.24) is 10.3 Å². The summed E-state index contributed by atoms with van der Waals surface area (Å²) in [5, 5.41) is 8.50. The van der Waals surface area contributed by atoms with Gasteiger partial charge in [0.25, 0.3) is 0 Å². The molecule has 0 aromatic heterocycles. The van der Waals surface area contributed by atoms with Gasteiger partial charge in [0.2, 0.25) is 0 Å². The molecule has 0 fully saturated rings. The summed E-state index contributed by atoms with van der Waals surface area (Å²) < 4.78 is 0. The molecule has 4 N–H and O–H groups in total. The summed E-state index contributed by atoms with van der Waals surface area (Å²) in [5.74, 6) is 10.2. The number of nitrogens with zero attached hydrogens (tertiary/aromatic N) is 1. The smallest absolute Gasteiger partial charge is 0.335 e. The van der Waals surface area contributed by atoms with Gasteiger partial charge in [0.15, 0.2) is 0 Å². The molecular weight excluding hydrogens is 194 g/mol. The van der Waals surface area contributed by atoms with E-state index in [1.165, 1.54) is 4.90 Å². The van der Waals surface area contributed by atoms with Gasteiger partial charge in [0, 0.05) is 17.8 Å². The van der Waals surface area contributed by atoms with E-state index < -0.39 is 6.03 Å². The topological polar surface area (TPSA) is 78.6 Å². The Hall–Kier alpha value is -1.51. The van der Waals surface area contributed by atoms with Crippen molar-refractivity contribution in [2.24, 2.45) is 5.84 Å². The molecule has 0 aromatic carbocycles. The summed E-state index contributed by atoms with van der Waals surface area (Å²) in [6.45, 7) is 5.27. The third-order valence-electron chi connectivity index (χ3n) is 1.61. The second kappa shape index (κ2) is 6.87. The Morgan fingerprint density at radius 1 is 1.67 bits per heavy atom. The molecular formula is C10H17N3O2. The highest BCUT2D eigenvalue weighted by atomic mass is 16.2. The van der Waals surface area contributed by atoms with Crippen molar-refractivity contribution >= 4 is 6.03 Å². The number of hydrogen-bond acceptors (Lipinski definition) is 3. The maximum atomic E-state index is 11.3. The second-order valence-electron chi connectivity index (χ2n) is 3.22. The molecule has 0 aliphatic heterocycles. The van der Waals surface area contributed by atoms with E-state index in [-0.39, 0.29) is 12.6 Å². The third kappa shape index (κ3) is 5.05. The van der Waals surface area contributed by atoms with E-state index in [4.69, 9.17) is 10.9 Å². The number of aliphatic hydroxyl groups excluding tert-OH is 1. The number of aliphatic hydroxyl groups is 1. The van der Waals surface area contributed by atoms with Crippen LogP contribution < -0.4 is 11.3 Å². The van der Waals surface area contributed by atoms with Crippen molar-refractivity contribution in [2.45, 2.75) is 26.8 Å². The Morgan fingerprint density at radius 3 is 2.67 bits per heavy atom. The van der Waals surface area contributed by atoms with Gasteiger partial charge in [-0.15, -0.1) is 0 Å². The Bertz CT molecular complexity index is 300. The molecule has 0 aliphatic rings. The summed E-state index contributed by atoms with van der Waals surface area (Å²) in [7, 11) is 0. The summed E-state index contributed by atoms with van der Waals surface area (Å²) in [5.41, 5.74) is 2.73. The standard InChI is InChI=1S/C10H17N3O2/c1-8(2)13(10(15)12-11)7-9(3)5-4-6-14/h7-8,14H,6,11H2,1-3H3,(H,12,15)/b9-7+. The lowest BCUT2D eigenvalue weighted by Gasteiger charge is -2.22. The lowest BCUT2D eigenvalue weighted by atomic mass is 10.3. The zero-order chi connectivity index (χ0) is 11.8. The summed E-state index contributed by atoms with van der Waals surface area (Å²) in [6, 6.07) is -0.408. The van der Waals surface area contributed by atoms with Crippen molar-refractivity contribution in [3.05, 3.63) is 11.8 Å². The van der Waals surface area contributed by atoms with E-state index in [2.05, 4.69) is 17.3 Å². The molecule has 0 heterocycles. The molecule has 2 amide bonds. The van der Waals surface area contributed by atoms with Crippen LogP contribution in [0, 0.1) is 11.8 Å². The minimum absolute atomic E-state index is 0.0144. The second-order valence-corrected chi connectivity index (χ2v) is 3.22. The number of hydrogen-bond donors (Lipinski definition) is 3. The van der Waals surface area contributed by atoms with Crippen molar-refractivity contribution < 1.29 is 9.90 Å². The van der Waals surface area contributed by atoms with Crippen LogP contribution in [0.3, 0.4) is 0 Å². The maximum Gasteiger partial charge on any atom is 0.335 e. The fourth-order valence-electron chi connectivity index (χ4n) is 0.937. The number of rotatable bonds is 2. The van der Waals surface area contributed by atoms with Crippen LogP contribution >= 0.6 is 0 Å². The first kappa shape index (κ1) is 13.5. The highest BCUT2D eigenvalue weighted by Gasteiger charge is 2.12. The third-order valence-corrected chi connectivity index (χ3v) is 1.61. The van der Waals surface area contributed by atoms with Crippen molar-refractivity contribution in [3.8, 4) is 11.8 Å². The molecule has 0 saturated heterocycles. The van der Waals surface area contributed by atoms with E-state index in [0.29, 0.717) is 5.57 Å². The maximum absolute atomic E-state index is 11.3. The first-order valence-electron chi connectivity index (χ1n) is 4.60. The van der Waals surface area contributed by atoms with Crippen molar-refractivity contribution in [3.63, 3.8) is 0 Å². The van der Waals surface area contributed by atoms with Crippen LogP contribution in [0.4, 0.5) is 4.79 Å². The predicted molar refractivity (Wildman–Crippen MR) is 58.3 cm³/mol. The number of nitrogens with one attached hydrogen (secondary N) is 1. The molecule has 0 aromatic rings. The Balaban J connectivity index is 4.73. The van der Waals surface area contributed by atoms with Gasteiger partial charge in [0.05, 0.1) is 0 Å². The van der Waals surface area contributed by atoms with Crippen LogP contribution in [-0.2, 0) is 0 Å². The van der Waals surface area contributed by atoms with Gasteiger partial charge >= 0.3 is 6.03 Å². The lowest BCUT2D eigenvalue weighted by molar-refractivity contribution is 0.206. The van der Waals surface area contributed by atoms with E-state index in [1.807, 2.05) is 13.8 Å². The van der Waals surface area contributed by atoms with Gasteiger partial charge < -0.3 is 5.11 Å². The van der Waals surface area contributed by atoms with Gasteiger partial charge in [-0.05, 0) is 20.8 Å². The van der Waals surface area contributed by atoms with Gasteiger partial charge in [-0.2, -0.15) is 0 Å². The van der Waals surface area contributed by atoms with Gasteiger partial charge in [-0.3, -0.25) is 10.3 Å². The van der Waals surface area contributed by atoms with E-state index in [0.717, 1.165) is 0 Å². The molecule has 0 saturated carbocycles. The number of nitrogens with two attached hydrogens (primary N) is 1. The highest BCUT2D eigenvalue weighted by molar-refractivity contribution is 5.75. The fourth-order valence-corrected chi connectivity index (χ4v) is 0.937. The SMILES string of the molecule is C/C(C#CCO)=C\N(C(=O)NN)C(C)C. The first-order valence-corrected chi connectivity index (χ1v) is 4.60. The zero-order valence-electron chi connectivity index (χ0n) is 9.24. The molecule has 0 aliphatic carbocycles. The number of amides is 2. The molecule has 0 atom stereocenters. The van der Waals surface area contributed by atoms with E-state index in [1.54, 1.807) is 13.1 Å². The van der Waals surface area contributed by atoms with E-state index in [9.17, 15) is 4.79 Å². The highest BCUT2D eigenvalue weighted by Crippen LogP contribution is 2.02. The fraction of sp³-hybridized carbons (Fsp3) is 0.500. The zero-order valence-corrected chi connectivity index (χ0v) is 9.24. The molecule has 0 spiro atoms. The van der Waals surface area contributed by atoms with Crippen LogP contribution in [0.2, 0.25) is 0 Å². The van der Waals surface area contributed by atoms with Crippen LogP contribution in [0.5, 0.6) is 0 Å². The van der Waals surface area contributed by atoms with Crippen LogP contribution in [0.1, 0.15) is 20.8 Å². The average molecular weight is 211 g/mol. The van der Waals surface area contributed by atoms with E-state index >= 15 is 0 Å². The van der Waals surface area contributed by atoms with Crippen molar-refractivity contribution in [1.29, 1.82) is 0 Å². The molecule has 0 rings (SSSR count). The summed E-state index contributed by atoms with van der Waals surface area (Å²) in [4.78, 5) is 12.7. The summed E-state index contributed by atoms with van der Waals surface area (Å²) in [6.07, 6.45) is 1.59. The largest absolute Gasteiger partial charge is 0.384 e. The Kier molecular flexibility index (Phi) is 6.18. The number of urea groups is 1. The van der Waals surface area contributed by atoms with Crippen LogP contribution in [0.25, 0.3) is 0 Å². The van der Waals surface area contributed by atoms with Gasteiger partial charge in [0.1, 0.15) is 6.61 Å². The monoisotopic (exact) mass is 211 g/mol. The summed E-state index contributed by atoms with van der Waals surface area (Å²) >= 11 is 0. The average Bonchev–Trinajstić information content (AvgIpc) is 2.21. The number of hydrazine groups is 1. The number of carbonyl (C=O) groups excluding carboxylic acids is 1. The Labute approximate surface area is 89.9 Å². The van der Waals surface area contributed by atoms with Crippen molar-refractivity contribution in [2.75, 3.05) is 6.61 Å². The first-order chi connectivity index (χ1) is 7.02. The molecule has 0 unspecified atom stereocenters. The Morgan fingerprint density at radius 2 is 2.27 bits per heavy atom. The number of allylic oxidation sites excluding steroid dienone is 1. The number of carbonyl (C=O) groups is 1. The molecule has 84 valence electrons. The lowest BCUT2D eigenvalue weighted by Crippen LogP contribution is -2.43. The molecule has 0 radical (unpaired) electrons. The molecule has 15 heavy (non-hydrogen) atoms. The minimum atomic E-state index is -0.393. The van der Waals surface area contributed by atoms with Gasteiger partial charge in [-0.25, -0.2) is 10.6 Å². The molecule has 5 nitrogen and oxygen atoms in total. The minimum Gasteiger partial charge on any atom is -0.384 e. The van der Waals surface area contributed by atoms with Crippen LogP contribution in [0.15, 0.2) is 11.8 Å². The van der Waals surface area contributed by atoms with Crippen LogP contribution in [-0.4, -0.2) is 28.7 Å². The molecule has 0 bridgehead atoms. The molecule has 5 heteroatoms. The quantitative estimate of drug-likeness (QED) is 0.264. The predicted octanol–water partition coefficient (Wildman–Crippen LogP) is 0.180. The normalized spacial score (nSPS) is 10.7. The van der Waals surface area contributed by atoms with Gasteiger partial charge in [-0.1, -0.05) is 11.8 Å².